The number of carbonyl (C=O) groups excluding carboxylic acids is 1. The van der Waals surface area contributed by atoms with E-state index < -0.39 is 25.8 Å². The Morgan fingerprint density at radius 2 is 0.848 bits per heavy atom. The lowest BCUT2D eigenvalue weighted by Gasteiger charge is -2.12. The maximum atomic E-state index is 13.7. The van der Waals surface area contributed by atoms with Gasteiger partial charge in [0, 0.05) is 54.8 Å². The van der Waals surface area contributed by atoms with Crippen LogP contribution in [0.2, 0.25) is 10.0 Å². The number of anilines is 4. The fraction of sp³-hybridized carbons (Fsp3) is 0. The summed E-state index contributed by atoms with van der Waals surface area (Å²) in [6, 6.07) is 45.0. The monoisotopic (exact) mass is 946 g/mol. The highest BCUT2D eigenvalue weighted by atomic mass is 35.5. The molecule has 324 valence electrons. The van der Waals surface area contributed by atoms with E-state index in [-0.39, 0.29) is 55.1 Å². The van der Waals surface area contributed by atoms with Crippen molar-refractivity contribution in [3.05, 3.63) is 190 Å². The summed E-state index contributed by atoms with van der Waals surface area (Å²) < 4.78 is 59.4. The highest BCUT2D eigenvalue weighted by Gasteiger charge is 2.22. The molecule has 0 unspecified atom stereocenters. The summed E-state index contributed by atoms with van der Waals surface area (Å²) >= 11 is 12.1. The second-order valence-corrected chi connectivity index (χ2v) is 18.9. The lowest BCUT2D eigenvalue weighted by Crippen LogP contribution is -2.15. The average molecular weight is 948 g/mol. The Bertz CT molecular complexity index is 3290. The topological polar surface area (TPSA) is 235 Å². The zero-order chi connectivity index (χ0) is 46.8. The van der Waals surface area contributed by atoms with E-state index >= 15 is 0 Å². The number of halogens is 2. The van der Waals surface area contributed by atoms with Crippen molar-refractivity contribution in [2.75, 3.05) is 20.9 Å². The van der Waals surface area contributed by atoms with Crippen LogP contribution in [0.5, 0.6) is 0 Å². The number of nitrogen functional groups attached to an aromatic ring is 2. The summed E-state index contributed by atoms with van der Waals surface area (Å²) in [6.45, 7) is 0. The Morgan fingerprint density at radius 3 is 1.20 bits per heavy atom. The van der Waals surface area contributed by atoms with Crippen molar-refractivity contribution in [3.8, 4) is 56.9 Å². The predicted octanol–water partition coefficient (Wildman–Crippen LogP) is 10.2. The fourth-order valence-electron chi connectivity index (χ4n) is 7.00. The van der Waals surface area contributed by atoms with E-state index in [2.05, 4.69) is 31.6 Å². The van der Waals surface area contributed by atoms with Crippen molar-refractivity contribution in [2.24, 2.45) is 0 Å². The first-order chi connectivity index (χ1) is 31.6. The van der Waals surface area contributed by atoms with Gasteiger partial charge in [0.25, 0.3) is 20.0 Å². The highest BCUT2D eigenvalue weighted by Crippen LogP contribution is 2.34. The van der Waals surface area contributed by atoms with Crippen LogP contribution in [0.4, 0.5) is 23.0 Å². The lowest BCUT2D eigenvalue weighted by molar-refractivity contribution is 0.103. The van der Waals surface area contributed by atoms with Crippen LogP contribution in [-0.4, -0.2) is 32.6 Å². The van der Waals surface area contributed by atoms with Gasteiger partial charge in [-0.3, -0.25) is 14.2 Å². The van der Waals surface area contributed by atoms with Gasteiger partial charge in [0.1, 0.15) is 34.9 Å². The first-order valence-corrected chi connectivity index (χ1v) is 23.3. The molecule has 17 heteroatoms. The van der Waals surface area contributed by atoms with Crippen molar-refractivity contribution < 1.29 is 21.6 Å². The first-order valence-electron chi connectivity index (χ1n) is 19.6. The summed E-state index contributed by atoms with van der Waals surface area (Å²) in [5.41, 5.74) is 17.8. The number of ketones is 1. The van der Waals surface area contributed by atoms with Gasteiger partial charge in [-0.2, -0.15) is 10.5 Å². The highest BCUT2D eigenvalue weighted by molar-refractivity contribution is 7.93. The van der Waals surface area contributed by atoms with Crippen LogP contribution in [-0.2, 0) is 20.0 Å². The molecule has 0 atom stereocenters. The molecule has 8 rings (SSSR count). The third-order valence-corrected chi connectivity index (χ3v) is 13.6. The molecule has 0 bridgehead atoms. The molecule has 0 saturated carbocycles. The summed E-state index contributed by atoms with van der Waals surface area (Å²) in [5.74, 6) is -0.552. The van der Waals surface area contributed by atoms with Gasteiger partial charge >= 0.3 is 0 Å². The molecule has 6 aromatic carbocycles. The Labute approximate surface area is 389 Å². The van der Waals surface area contributed by atoms with Crippen molar-refractivity contribution in [1.82, 2.24) is 9.97 Å². The lowest BCUT2D eigenvalue weighted by atomic mass is 9.98. The molecule has 13 nitrogen and oxygen atoms in total. The molecular formula is C49H32Cl2N8O5S2. The van der Waals surface area contributed by atoms with Crippen molar-refractivity contribution in [1.29, 1.82) is 10.5 Å². The van der Waals surface area contributed by atoms with Crippen LogP contribution in [0, 0.1) is 22.7 Å². The molecule has 0 saturated heterocycles. The minimum absolute atomic E-state index is 0.00329. The van der Waals surface area contributed by atoms with Gasteiger partial charge < -0.3 is 11.5 Å². The molecular weight excluding hydrogens is 916 g/mol. The van der Waals surface area contributed by atoms with E-state index in [0.29, 0.717) is 54.8 Å². The minimum Gasteiger partial charge on any atom is -0.383 e. The quantitative estimate of drug-likeness (QED) is 0.0841. The first kappa shape index (κ1) is 44.6. The summed E-state index contributed by atoms with van der Waals surface area (Å²) in [4.78, 5) is 22.1. The molecule has 0 spiro atoms. The van der Waals surface area contributed by atoms with Gasteiger partial charge in [0.15, 0.2) is 5.78 Å². The number of carbonyl (C=O) groups is 1. The second kappa shape index (κ2) is 18.2. The van der Waals surface area contributed by atoms with Crippen molar-refractivity contribution in [3.63, 3.8) is 0 Å². The molecule has 0 radical (unpaired) electrons. The number of rotatable bonds is 12. The van der Waals surface area contributed by atoms with Gasteiger partial charge in [-0.1, -0.05) is 96.0 Å². The van der Waals surface area contributed by atoms with Gasteiger partial charge in [0.2, 0.25) is 0 Å². The van der Waals surface area contributed by atoms with E-state index in [1.54, 1.807) is 84.9 Å². The summed E-state index contributed by atoms with van der Waals surface area (Å²) in [5, 5.41) is 20.6. The Morgan fingerprint density at radius 1 is 0.500 bits per heavy atom. The molecule has 8 aromatic rings. The van der Waals surface area contributed by atoms with Crippen molar-refractivity contribution in [2.45, 2.75) is 9.79 Å². The van der Waals surface area contributed by atoms with E-state index in [1.165, 1.54) is 72.8 Å². The van der Waals surface area contributed by atoms with Crippen LogP contribution >= 0.6 is 23.2 Å². The van der Waals surface area contributed by atoms with Gasteiger partial charge in [-0.05, 0) is 96.1 Å². The summed E-state index contributed by atoms with van der Waals surface area (Å²) in [6.07, 6.45) is 0. The third-order valence-electron chi connectivity index (χ3n) is 10.3. The largest absolute Gasteiger partial charge is 0.383 e. The molecule has 0 aliphatic heterocycles. The number of nitrogens with two attached hydrogens (primary N) is 2. The van der Waals surface area contributed by atoms with E-state index in [9.17, 15) is 32.2 Å². The number of nitriles is 2. The van der Waals surface area contributed by atoms with Crippen LogP contribution < -0.4 is 20.9 Å². The fourth-order valence-corrected chi connectivity index (χ4v) is 9.46. The normalized spacial score (nSPS) is 11.3. The number of benzene rings is 6. The number of hydrogen-bond acceptors (Lipinski definition) is 11. The Hall–Kier alpha value is -8.05. The molecule has 6 N–H and O–H groups in total. The molecule has 2 aromatic heterocycles. The van der Waals surface area contributed by atoms with Gasteiger partial charge in [-0.15, -0.1) is 0 Å². The number of nitrogens with one attached hydrogen (secondary N) is 2. The number of pyridine rings is 2. The van der Waals surface area contributed by atoms with E-state index in [1.807, 2.05) is 0 Å². The number of aromatic nitrogens is 2. The number of nitrogens with zero attached hydrogens (tertiary/aromatic N) is 4. The third kappa shape index (κ3) is 9.42. The SMILES string of the molecule is N#Cc1c(-c2ccc(Cl)cc2)cc(-c2ccc(NS(=O)(=O)c3cccc(C(=O)c4cccc(S(=O)(=O)Nc5ccc(-c6cc(-c7ccc(Cl)cc7)c(C#N)c(N)n6)cc5)c4)c3)cc2)nc1N. The molecule has 0 aliphatic rings. The standard InChI is InChI=1S/C49H32Cl2N8O5S2/c50-35-15-7-29(8-16-35)41-25-45(56-48(54)43(41)27-52)31-11-19-37(20-12-31)58-65(61,62)39-5-1-3-33(23-39)47(60)34-4-2-6-40(24-34)66(63,64)59-38-21-13-32(14-22-38)46-26-42(44(28-53)49(55)57-46)30-9-17-36(51)18-10-30/h1-26,58-59H,(H2,54,56)(H2,55,57). The van der Waals surface area contributed by atoms with Crippen LogP contribution in [0.1, 0.15) is 27.0 Å². The zero-order valence-electron chi connectivity index (χ0n) is 34.1. The molecule has 0 aliphatic carbocycles. The molecule has 2 heterocycles. The van der Waals surface area contributed by atoms with Crippen LogP contribution in [0.25, 0.3) is 44.8 Å². The Kier molecular flexibility index (Phi) is 12.3. The second-order valence-electron chi connectivity index (χ2n) is 14.6. The minimum atomic E-state index is -4.22. The maximum absolute atomic E-state index is 13.7. The maximum Gasteiger partial charge on any atom is 0.261 e. The van der Waals surface area contributed by atoms with Crippen LogP contribution in [0.3, 0.4) is 0 Å². The van der Waals surface area contributed by atoms with E-state index in [4.69, 9.17) is 34.7 Å². The molecule has 0 amide bonds. The molecule has 66 heavy (non-hydrogen) atoms. The predicted molar refractivity (Wildman–Crippen MR) is 256 cm³/mol. The number of hydrogen-bond donors (Lipinski definition) is 4. The zero-order valence-corrected chi connectivity index (χ0v) is 37.2. The molecule has 0 fully saturated rings. The summed E-state index contributed by atoms with van der Waals surface area (Å²) in [7, 11) is -8.44. The smallest absolute Gasteiger partial charge is 0.261 e. The average Bonchev–Trinajstić information content (AvgIpc) is 3.31. The van der Waals surface area contributed by atoms with E-state index in [0.717, 1.165) is 0 Å². The van der Waals surface area contributed by atoms with Crippen LogP contribution in [0.15, 0.2) is 168 Å². The van der Waals surface area contributed by atoms with Gasteiger partial charge in [-0.25, -0.2) is 26.8 Å². The Balaban J connectivity index is 0.965. The van der Waals surface area contributed by atoms with Gasteiger partial charge in [0.05, 0.1) is 21.2 Å². The number of sulfonamides is 2. The van der Waals surface area contributed by atoms with Crippen molar-refractivity contribution >= 4 is 72.0 Å².